The van der Waals surface area contributed by atoms with E-state index in [4.69, 9.17) is 5.84 Å². The molecule has 1 aromatic heterocycles. The number of nitrogens with one attached hydrogen (secondary N) is 1. The lowest BCUT2D eigenvalue weighted by molar-refractivity contribution is 1.20. The van der Waals surface area contributed by atoms with Crippen molar-refractivity contribution >= 4 is 16.5 Å². The van der Waals surface area contributed by atoms with Crippen LogP contribution in [0.1, 0.15) is 5.69 Å². The van der Waals surface area contributed by atoms with E-state index in [2.05, 4.69) is 4.98 Å². The van der Waals surface area contributed by atoms with E-state index in [0.717, 1.165) is 5.69 Å². The summed E-state index contributed by atoms with van der Waals surface area (Å²) < 4.78 is 0. The molecule has 0 atom stereocenters. The van der Waals surface area contributed by atoms with Gasteiger partial charge in [0.25, 0.3) is 0 Å². The number of aromatic nitrogens is 1. The number of anilines is 1. The summed E-state index contributed by atoms with van der Waals surface area (Å²) in [5.74, 6) is 8.25. The summed E-state index contributed by atoms with van der Waals surface area (Å²) >= 11 is 1.38. The third-order valence-corrected chi connectivity index (χ3v) is 1.58. The first kappa shape index (κ1) is 5.53. The molecule has 0 fully saturated rings. The molecule has 0 unspecified atom stereocenters. The summed E-state index contributed by atoms with van der Waals surface area (Å²) in [4.78, 5) is 3.89. The third-order valence-electron chi connectivity index (χ3n) is 0.715. The molecule has 0 spiro atoms. The Balaban J connectivity index is 2.84. The minimum absolute atomic E-state index is 0.544. The topological polar surface area (TPSA) is 47.2 Å². The Labute approximate surface area is 51.5 Å². The van der Waals surface area contributed by atoms with Gasteiger partial charge < -0.3 is 0 Å². The van der Waals surface area contributed by atoms with E-state index in [-0.39, 0.29) is 0 Å². The molecule has 2 radical (unpaired) electrons. The monoisotopic (exact) mass is 127 g/mol. The van der Waals surface area contributed by atoms with Crippen molar-refractivity contribution in [3.63, 3.8) is 0 Å². The Bertz CT molecular complexity index is 172. The molecule has 1 aromatic rings. The lowest BCUT2D eigenvalue weighted by atomic mass is 10.6. The summed E-state index contributed by atoms with van der Waals surface area (Å²) in [6, 6.07) is 0. The van der Waals surface area contributed by atoms with Crippen molar-refractivity contribution in [2.24, 2.45) is 0 Å². The van der Waals surface area contributed by atoms with Gasteiger partial charge in [0.1, 0.15) is 0 Å². The Morgan fingerprint density at radius 3 is 2.88 bits per heavy atom. The fraction of sp³-hybridized carbons (Fsp3) is 0.250. The van der Waals surface area contributed by atoms with Crippen molar-refractivity contribution in [1.82, 2.24) is 10.8 Å². The van der Waals surface area contributed by atoms with E-state index in [1.165, 1.54) is 11.3 Å². The van der Waals surface area contributed by atoms with Crippen molar-refractivity contribution < 1.29 is 0 Å². The maximum absolute atomic E-state index is 8.25. The zero-order valence-corrected chi connectivity index (χ0v) is 5.20. The molecule has 0 saturated carbocycles. The molecule has 0 amide bonds. The quantitative estimate of drug-likeness (QED) is 0.568. The van der Waals surface area contributed by atoms with Crippen LogP contribution < -0.4 is 11.3 Å². The maximum atomic E-state index is 8.25. The van der Waals surface area contributed by atoms with Crippen LogP contribution in [0.4, 0.5) is 5.13 Å². The molecule has 3 nitrogen and oxygen atoms in total. The molecule has 1 heterocycles. The average Bonchev–Trinajstić information content (AvgIpc) is 2.14. The highest BCUT2D eigenvalue weighted by atomic mass is 32.1. The molecular weight excluding hydrogens is 122 g/mol. The summed E-state index contributed by atoms with van der Waals surface area (Å²) in [5.41, 5.74) is 2.88. The van der Waals surface area contributed by atoms with Crippen molar-refractivity contribution in [3.05, 3.63) is 11.1 Å². The molecule has 42 valence electrons. The van der Waals surface area contributed by atoms with Crippen LogP contribution >= 0.6 is 11.3 Å². The highest BCUT2D eigenvalue weighted by Gasteiger charge is 1.91. The van der Waals surface area contributed by atoms with Gasteiger partial charge in [-0.1, -0.05) is 0 Å². The van der Waals surface area contributed by atoms with Crippen LogP contribution in [0.15, 0.2) is 5.38 Å². The highest BCUT2D eigenvalue weighted by molar-refractivity contribution is 7.13. The van der Waals surface area contributed by atoms with Crippen LogP contribution in [0.3, 0.4) is 0 Å². The Hall–Kier alpha value is -0.610. The van der Waals surface area contributed by atoms with Gasteiger partial charge in [-0.2, -0.15) is 0 Å². The van der Waals surface area contributed by atoms with Gasteiger partial charge >= 0.3 is 0 Å². The van der Waals surface area contributed by atoms with Crippen LogP contribution in [0, 0.1) is 6.92 Å². The molecule has 0 aliphatic carbocycles. The van der Waals surface area contributed by atoms with Crippen LogP contribution in [0.2, 0.25) is 0 Å². The molecular formula is C4H5N3S. The zero-order chi connectivity index (χ0) is 5.98. The molecule has 0 bridgehead atoms. The Kier molecular flexibility index (Phi) is 1.45. The van der Waals surface area contributed by atoms with E-state index in [9.17, 15) is 0 Å². The lowest BCUT2D eigenvalue weighted by Gasteiger charge is -1.81. The Morgan fingerprint density at radius 2 is 2.62 bits per heavy atom. The van der Waals surface area contributed by atoms with Crippen LogP contribution in [0.25, 0.3) is 0 Å². The predicted octanol–water partition coefficient (Wildman–Crippen LogP) is 0.847. The second-order valence-corrected chi connectivity index (χ2v) is 2.26. The number of nitrogens with zero attached hydrogens (tertiary/aromatic N) is 2. The van der Waals surface area contributed by atoms with Gasteiger partial charge in [-0.3, -0.25) is 5.43 Å². The third kappa shape index (κ3) is 0.962. The van der Waals surface area contributed by atoms with Crippen molar-refractivity contribution in [2.45, 2.75) is 6.92 Å². The largest absolute Gasteiger partial charge is 0.261 e. The van der Waals surface area contributed by atoms with E-state index < -0.39 is 0 Å². The normalized spacial score (nSPS) is 9.25. The fourth-order valence-corrected chi connectivity index (χ4v) is 0.990. The minimum atomic E-state index is 0.544. The van der Waals surface area contributed by atoms with Crippen LogP contribution in [-0.2, 0) is 0 Å². The summed E-state index contributed by atoms with van der Waals surface area (Å²) in [5, 5.41) is 2.40. The Morgan fingerprint density at radius 1 is 1.88 bits per heavy atom. The molecule has 0 aliphatic rings. The number of hydrogen-bond donors (Lipinski definition) is 1. The van der Waals surface area contributed by atoms with E-state index in [1.807, 2.05) is 17.7 Å². The van der Waals surface area contributed by atoms with Gasteiger partial charge in [0, 0.05) is 5.38 Å². The van der Waals surface area contributed by atoms with Gasteiger partial charge in [0.15, 0.2) is 5.13 Å². The smallest absolute Gasteiger partial charge is 0.199 e. The van der Waals surface area contributed by atoms with Gasteiger partial charge in [-0.05, 0) is 12.8 Å². The van der Waals surface area contributed by atoms with E-state index >= 15 is 0 Å². The maximum Gasteiger partial charge on any atom is 0.199 e. The highest BCUT2D eigenvalue weighted by Crippen LogP contribution is 2.12. The van der Waals surface area contributed by atoms with Crippen LogP contribution in [-0.4, -0.2) is 4.98 Å². The average molecular weight is 127 g/mol. The zero-order valence-electron chi connectivity index (χ0n) is 4.38. The number of hydrogen-bond acceptors (Lipinski definition) is 3. The van der Waals surface area contributed by atoms with Crippen molar-refractivity contribution in [1.29, 1.82) is 0 Å². The second kappa shape index (κ2) is 2.11. The number of aryl methyl sites for hydroxylation is 1. The molecule has 1 rings (SSSR count). The molecule has 0 saturated heterocycles. The molecule has 4 heteroatoms. The first-order valence-corrected chi connectivity index (χ1v) is 3.03. The van der Waals surface area contributed by atoms with Gasteiger partial charge in [0.05, 0.1) is 5.69 Å². The first-order valence-electron chi connectivity index (χ1n) is 2.15. The fourth-order valence-electron chi connectivity index (χ4n) is 0.405. The summed E-state index contributed by atoms with van der Waals surface area (Å²) in [6.07, 6.45) is 0. The molecule has 1 N–H and O–H groups in total. The molecule has 0 aromatic carbocycles. The number of rotatable bonds is 1. The lowest BCUT2D eigenvalue weighted by Crippen LogP contribution is -1.89. The van der Waals surface area contributed by atoms with Gasteiger partial charge in [0.2, 0.25) is 0 Å². The number of thiazole rings is 1. The predicted molar refractivity (Wildman–Crippen MR) is 32.6 cm³/mol. The summed E-state index contributed by atoms with van der Waals surface area (Å²) in [7, 11) is 0. The van der Waals surface area contributed by atoms with Crippen LogP contribution in [0.5, 0.6) is 0 Å². The SMILES string of the molecule is Cc1csc(N[N])n1. The second-order valence-electron chi connectivity index (χ2n) is 1.41. The summed E-state index contributed by atoms with van der Waals surface area (Å²) in [6.45, 7) is 1.87. The van der Waals surface area contributed by atoms with Crippen molar-refractivity contribution in [2.75, 3.05) is 5.43 Å². The molecule has 8 heavy (non-hydrogen) atoms. The van der Waals surface area contributed by atoms with Crippen molar-refractivity contribution in [3.8, 4) is 0 Å². The first-order chi connectivity index (χ1) is 3.83. The van der Waals surface area contributed by atoms with Gasteiger partial charge in [-0.25, -0.2) is 4.98 Å². The minimum Gasteiger partial charge on any atom is -0.261 e. The van der Waals surface area contributed by atoms with Gasteiger partial charge in [-0.15, -0.1) is 11.3 Å². The van der Waals surface area contributed by atoms with E-state index in [0.29, 0.717) is 5.13 Å². The van der Waals surface area contributed by atoms with E-state index in [1.54, 1.807) is 0 Å². The molecule has 0 aliphatic heterocycles. The standard InChI is InChI=1S/C4H5N3S/c1-3-2-8-4(6-3)7-5/h2H,1H3,(H,6,7).